The van der Waals surface area contributed by atoms with Gasteiger partial charge in [0.05, 0.1) is 29.2 Å². The molecule has 5 rings (SSSR count). The first kappa shape index (κ1) is 29.2. The Morgan fingerprint density at radius 1 is 1.12 bits per heavy atom. The first-order chi connectivity index (χ1) is 19.9. The van der Waals surface area contributed by atoms with Crippen molar-refractivity contribution in [3.8, 4) is 11.6 Å². The second-order valence-corrected chi connectivity index (χ2v) is 10.8. The van der Waals surface area contributed by atoms with Gasteiger partial charge in [0.2, 0.25) is 5.95 Å². The van der Waals surface area contributed by atoms with E-state index in [4.69, 9.17) is 4.98 Å². The van der Waals surface area contributed by atoms with E-state index in [0.29, 0.717) is 28.9 Å². The van der Waals surface area contributed by atoms with Crippen LogP contribution in [0.2, 0.25) is 0 Å². The van der Waals surface area contributed by atoms with Crippen LogP contribution in [0, 0.1) is 0 Å². The molecule has 0 spiro atoms. The molecule has 0 aliphatic carbocycles. The lowest BCUT2D eigenvalue weighted by atomic mass is 9.98. The van der Waals surface area contributed by atoms with Crippen LogP contribution in [-0.2, 0) is 25.6 Å². The molecule has 4 aromatic rings. The summed E-state index contributed by atoms with van der Waals surface area (Å²) in [5.74, 6) is -0.644. The molecule has 1 unspecified atom stereocenters. The van der Waals surface area contributed by atoms with E-state index in [-0.39, 0.29) is 40.4 Å². The molecule has 2 aromatic heterocycles. The SMILES string of the molecule is CCc1cn(-c2nc3c(c(=O)n2-c2ccc(C(=O)NC)cc2)CC(C)N(C(=O)c2ccc(Br)c(C(F)(F)F)c2)C3)cn1. The molecule has 0 fully saturated rings. The zero-order chi connectivity index (χ0) is 30.3. The Kier molecular flexibility index (Phi) is 7.80. The number of aryl methyl sites for hydroxylation is 1. The minimum atomic E-state index is -4.64. The third-order valence-corrected chi connectivity index (χ3v) is 7.91. The van der Waals surface area contributed by atoms with Crippen molar-refractivity contribution in [2.75, 3.05) is 7.05 Å². The minimum Gasteiger partial charge on any atom is -0.355 e. The van der Waals surface area contributed by atoms with Crippen molar-refractivity contribution < 1.29 is 22.8 Å². The van der Waals surface area contributed by atoms with Gasteiger partial charge in [-0.1, -0.05) is 22.9 Å². The van der Waals surface area contributed by atoms with Gasteiger partial charge in [-0.2, -0.15) is 13.2 Å². The first-order valence-corrected chi connectivity index (χ1v) is 13.9. The largest absolute Gasteiger partial charge is 0.417 e. The van der Waals surface area contributed by atoms with Crippen molar-refractivity contribution in [2.45, 2.75) is 45.5 Å². The van der Waals surface area contributed by atoms with Crippen molar-refractivity contribution in [1.29, 1.82) is 0 Å². The van der Waals surface area contributed by atoms with Crippen LogP contribution in [0.4, 0.5) is 13.2 Å². The fraction of sp³-hybridized carbons (Fsp3) is 0.276. The molecule has 1 atom stereocenters. The number of halogens is 4. The molecule has 0 radical (unpaired) electrons. The second-order valence-electron chi connectivity index (χ2n) is 9.91. The molecule has 218 valence electrons. The highest BCUT2D eigenvalue weighted by molar-refractivity contribution is 9.10. The molecule has 3 heterocycles. The molecule has 1 N–H and O–H groups in total. The molecule has 13 heteroatoms. The fourth-order valence-electron chi connectivity index (χ4n) is 4.93. The standard InChI is InChI=1S/C29H26BrF3N6O3/c1-4-19-13-37(15-35-19)28-36-24-14-38(26(41)18-7-10-23(30)22(12-18)29(31,32)33)16(2)11-21(24)27(42)39(28)20-8-5-17(6-9-20)25(40)34-3/h5-10,12-13,15-16H,4,11,14H2,1-3H3,(H,34,40). The summed E-state index contributed by atoms with van der Waals surface area (Å²) in [4.78, 5) is 50.1. The smallest absolute Gasteiger partial charge is 0.355 e. The van der Waals surface area contributed by atoms with Gasteiger partial charge in [0.1, 0.15) is 6.33 Å². The van der Waals surface area contributed by atoms with Crippen LogP contribution in [0.3, 0.4) is 0 Å². The van der Waals surface area contributed by atoms with Crippen molar-refractivity contribution in [3.63, 3.8) is 0 Å². The summed E-state index contributed by atoms with van der Waals surface area (Å²) >= 11 is 2.91. The number of hydrogen-bond acceptors (Lipinski definition) is 5. The van der Waals surface area contributed by atoms with Crippen LogP contribution in [-0.4, -0.2) is 48.9 Å². The number of benzene rings is 2. The normalized spacial score (nSPS) is 14.9. The maximum Gasteiger partial charge on any atom is 0.417 e. The third-order valence-electron chi connectivity index (χ3n) is 7.22. The van der Waals surface area contributed by atoms with Crippen molar-refractivity contribution in [2.24, 2.45) is 0 Å². The number of nitrogens with one attached hydrogen (secondary N) is 1. The number of carbonyl (C=O) groups excluding carboxylic acids is 2. The Balaban J connectivity index is 1.60. The Labute approximate surface area is 247 Å². The molecule has 9 nitrogen and oxygen atoms in total. The average Bonchev–Trinajstić information content (AvgIpc) is 3.45. The van der Waals surface area contributed by atoms with Gasteiger partial charge in [0, 0.05) is 40.4 Å². The molecule has 42 heavy (non-hydrogen) atoms. The Morgan fingerprint density at radius 2 is 1.81 bits per heavy atom. The summed E-state index contributed by atoms with van der Waals surface area (Å²) in [5.41, 5.74) is 0.991. The van der Waals surface area contributed by atoms with E-state index in [1.807, 2.05) is 6.92 Å². The number of imidazole rings is 1. The van der Waals surface area contributed by atoms with Crippen molar-refractivity contribution >= 4 is 27.7 Å². The molecular weight excluding hydrogens is 617 g/mol. The lowest BCUT2D eigenvalue weighted by molar-refractivity contribution is -0.138. The summed E-state index contributed by atoms with van der Waals surface area (Å²) in [6, 6.07) is 9.37. The highest BCUT2D eigenvalue weighted by atomic mass is 79.9. The van der Waals surface area contributed by atoms with E-state index >= 15 is 0 Å². The van der Waals surface area contributed by atoms with E-state index < -0.39 is 23.7 Å². The summed E-state index contributed by atoms with van der Waals surface area (Å²) in [5, 5.41) is 2.56. The Hall–Kier alpha value is -4.26. The van der Waals surface area contributed by atoms with Gasteiger partial charge >= 0.3 is 6.18 Å². The van der Waals surface area contributed by atoms with Crippen LogP contribution >= 0.6 is 15.9 Å². The van der Waals surface area contributed by atoms with Crippen LogP contribution in [0.25, 0.3) is 11.6 Å². The second kappa shape index (κ2) is 11.2. The predicted octanol–water partition coefficient (Wildman–Crippen LogP) is 4.71. The van der Waals surface area contributed by atoms with E-state index in [1.54, 1.807) is 42.0 Å². The summed E-state index contributed by atoms with van der Waals surface area (Å²) in [7, 11) is 1.53. The average molecular weight is 643 g/mol. The number of rotatable bonds is 5. The third kappa shape index (κ3) is 5.36. The van der Waals surface area contributed by atoms with E-state index in [9.17, 15) is 27.6 Å². The number of amides is 2. The number of carbonyl (C=O) groups is 2. The molecule has 2 amide bonds. The Bertz CT molecular complexity index is 1750. The minimum absolute atomic E-state index is 0.0687. The molecule has 0 saturated carbocycles. The number of hydrogen-bond donors (Lipinski definition) is 1. The maximum absolute atomic E-state index is 14.0. The van der Waals surface area contributed by atoms with Crippen molar-refractivity contribution in [1.82, 2.24) is 29.3 Å². The maximum atomic E-state index is 14.0. The van der Waals surface area contributed by atoms with E-state index in [0.717, 1.165) is 11.8 Å². The molecule has 0 saturated heterocycles. The highest BCUT2D eigenvalue weighted by Crippen LogP contribution is 2.36. The molecular formula is C29H26BrF3N6O3. The summed E-state index contributed by atoms with van der Waals surface area (Å²) in [6.07, 6.45) is -0.556. The summed E-state index contributed by atoms with van der Waals surface area (Å²) < 4.78 is 43.4. The quantitative estimate of drug-likeness (QED) is 0.340. The van der Waals surface area contributed by atoms with Gasteiger partial charge in [0.25, 0.3) is 17.4 Å². The zero-order valence-electron chi connectivity index (χ0n) is 22.9. The molecule has 0 bridgehead atoms. The van der Waals surface area contributed by atoms with Gasteiger partial charge in [-0.25, -0.2) is 14.5 Å². The molecule has 2 aromatic carbocycles. The molecule has 1 aliphatic rings. The first-order valence-electron chi connectivity index (χ1n) is 13.1. The monoisotopic (exact) mass is 642 g/mol. The van der Waals surface area contributed by atoms with Crippen LogP contribution < -0.4 is 10.9 Å². The van der Waals surface area contributed by atoms with Crippen LogP contribution in [0.5, 0.6) is 0 Å². The number of aromatic nitrogens is 4. The molecule has 1 aliphatic heterocycles. The van der Waals surface area contributed by atoms with Gasteiger partial charge in [-0.05, 0) is 62.2 Å². The van der Waals surface area contributed by atoms with Crippen molar-refractivity contribution in [3.05, 3.63) is 103 Å². The topological polar surface area (TPSA) is 102 Å². The number of nitrogens with zero attached hydrogens (tertiary/aromatic N) is 5. The number of fused-ring (bicyclic) bond motifs is 1. The fourth-order valence-corrected chi connectivity index (χ4v) is 5.40. The van der Waals surface area contributed by atoms with Crippen LogP contribution in [0.1, 0.15) is 57.1 Å². The number of alkyl halides is 3. The lowest BCUT2D eigenvalue weighted by Crippen LogP contribution is -2.46. The van der Waals surface area contributed by atoms with Gasteiger partial charge in [-0.3, -0.25) is 19.0 Å². The van der Waals surface area contributed by atoms with E-state index in [2.05, 4.69) is 26.2 Å². The van der Waals surface area contributed by atoms with Gasteiger partial charge < -0.3 is 10.2 Å². The summed E-state index contributed by atoms with van der Waals surface area (Å²) in [6.45, 7) is 3.61. The van der Waals surface area contributed by atoms with Gasteiger partial charge in [-0.15, -0.1) is 0 Å². The van der Waals surface area contributed by atoms with E-state index in [1.165, 1.54) is 35.0 Å². The van der Waals surface area contributed by atoms with Gasteiger partial charge in [0.15, 0.2) is 0 Å². The lowest BCUT2D eigenvalue weighted by Gasteiger charge is -2.34. The van der Waals surface area contributed by atoms with Crippen LogP contribution in [0.15, 0.2) is 64.3 Å². The zero-order valence-corrected chi connectivity index (χ0v) is 24.5. The highest BCUT2D eigenvalue weighted by Gasteiger charge is 2.36. The Morgan fingerprint density at radius 3 is 2.43 bits per heavy atom. The predicted molar refractivity (Wildman–Crippen MR) is 152 cm³/mol.